The highest BCUT2D eigenvalue weighted by Gasteiger charge is 2.23. The van der Waals surface area contributed by atoms with Gasteiger partial charge in [0.25, 0.3) is 0 Å². The minimum atomic E-state index is -3.67. The van der Waals surface area contributed by atoms with E-state index in [2.05, 4.69) is 12.1 Å². The Kier molecular flexibility index (Phi) is 8.15. The van der Waals surface area contributed by atoms with Gasteiger partial charge < -0.3 is 9.47 Å². The topological polar surface area (TPSA) is 59.4 Å². The lowest BCUT2D eigenvalue weighted by molar-refractivity contribution is -0.132. The molecule has 5 nitrogen and oxygen atoms in total. The number of halogens is 1. The first-order valence-electron chi connectivity index (χ1n) is 12.8. The molecule has 39 heavy (non-hydrogen) atoms. The molecule has 198 valence electrons. The molecule has 0 aliphatic carbocycles. The number of benzene rings is 4. The molecule has 0 spiro atoms. The number of nitrogens with zero attached hydrogens (tertiary/aromatic N) is 2. The summed E-state index contributed by atoms with van der Waals surface area (Å²) in [6.07, 6.45) is 2.33. The maximum absolute atomic E-state index is 13.7. The summed E-state index contributed by atoms with van der Waals surface area (Å²) in [6.45, 7) is 1.07. The lowest BCUT2D eigenvalue weighted by atomic mass is 10.1. The van der Waals surface area contributed by atoms with Crippen molar-refractivity contribution in [3.05, 3.63) is 137 Å². The van der Waals surface area contributed by atoms with Gasteiger partial charge in [-0.2, -0.15) is 0 Å². The first-order valence-corrected chi connectivity index (χ1v) is 14.8. The van der Waals surface area contributed by atoms with Crippen molar-refractivity contribution in [2.45, 2.75) is 30.2 Å². The van der Waals surface area contributed by atoms with Gasteiger partial charge in [-0.1, -0.05) is 103 Å². The Morgan fingerprint density at radius 1 is 0.744 bits per heavy atom. The van der Waals surface area contributed by atoms with Crippen molar-refractivity contribution < 1.29 is 13.2 Å². The molecular weight excluding hydrogens is 528 g/mol. The summed E-state index contributed by atoms with van der Waals surface area (Å²) in [6, 6.07) is 34.1. The molecule has 4 aromatic carbocycles. The fourth-order valence-electron chi connectivity index (χ4n) is 4.72. The Balaban J connectivity index is 1.42. The van der Waals surface area contributed by atoms with Gasteiger partial charge in [0.2, 0.25) is 5.91 Å². The largest absolute Gasteiger partial charge is 0.337 e. The van der Waals surface area contributed by atoms with Gasteiger partial charge in [0, 0.05) is 35.2 Å². The predicted molar refractivity (Wildman–Crippen MR) is 156 cm³/mol. The molecule has 0 aliphatic rings. The lowest BCUT2D eigenvalue weighted by Gasteiger charge is -2.23. The van der Waals surface area contributed by atoms with Crippen LogP contribution in [0.15, 0.2) is 120 Å². The van der Waals surface area contributed by atoms with Crippen molar-refractivity contribution in [1.82, 2.24) is 9.47 Å². The second kappa shape index (κ2) is 11.9. The molecule has 0 atom stereocenters. The molecule has 0 bridgehead atoms. The minimum absolute atomic E-state index is 0.0403. The average Bonchev–Trinajstić information content (AvgIpc) is 3.32. The van der Waals surface area contributed by atoms with Crippen molar-refractivity contribution in [3.8, 4) is 0 Å². The molecule has 5 aromatic rings. The van der Waals surface area contributed by atoms with Crippen molar-refractivity contribution in [2.24, 2.45) is 0 Å². The molecule has 0 fully saturated rings. The molecule has 0 aliphatic heterocycles. The number of rotatable bonds is 10. The van der Waals surface area contributed by atoms with Crippen LogP contribution >= 0.6 is 11.6 Å². The molecule has 0 radical (unpaired) electrons. The molecule has 0 unspecified atom stereocenters. The van der Waals surface area contributed by atoms with E-state index in [1.165, 1.54) is 0 Å². The maximum atomic E-state index is 13.7. The Labute approximate surface area is 234 Å². The number of hydrogen-bond acceptors (Lipinski definition) is 3. The third-order valence-electron chi connectivity index (χ3n) is 6.74. The fourth-order valence-corrected chi connectivity index (χ4v) is 6.43. The van der Waals surface area contributed by atoms with E-state index in [1.807, 2.05) is 71.6 Å². The van der Waals surface area contributed by atoms with Crippen molar-refractivity contribution in [3.63, 3.8) is 0 Å². The smallest absolute Gasteiger partial charge is 0.242 e. The van der Waals surface area contributed by atoms with Crippen LogP contribution in [0.3, 0.4) is 0 Å². The fraction of sp³-hybridized carbons (Fsp3) is 0.156. The Hall–Kier alpha value is -3.87. The van der Waals surface area contributed by atoms with Crippen LogP contribution < -0.4 is 0 Å². The molecule has 1 aromatic heterocycles. The van der Waals surface area contributed by atoms with Crippen LogP contribution in [-0.4, -0.2) is 30.3 Å². The van der Waals surface area contributed by atoms with Crippen molar-refractivity contribution in [2.75, 3.05) is 6.54 Å². The number of fused-ring (bicyclic) bond motifs is 1. The van der Waals surface area contributed by atoms with Crippen LogP contribution in [0.1, 0.15) is 16.7 Å². The third kappa shape index (κ3) is 6.59. The van der Waals surface area contributed by atoms with Crippen molar-refractivity contribution in [1.29, 1.82) is 0 Å². The van der Waals surface area contributed by atoms with E-state index in [0.717, 1.165) is 17.5 Å². The van der Waals surface area contributed by atoms with E-state index in [1.54, 1.807) is 41.1 Å². The van der Waals surface area contributed by atoms with Gasteiger partial charge in [-0.05, 0) is 41.3 Å². The van der Waals surface area contributed by atoms with Gasteiger partial charge >= 0.3 is 0 Å². The quantitative estimate of drug-likeness (QED) is 0.196. The summed E-state index contributed by atoms with van der Waals surface area (Å²) in [5.41, 5.74) is 3.57. The normalized spacial score (nSPS) is 11.5. The van der Waals surface area contributed by atoms with Crippen LogP contribution in [0.25, 0.3) is 10.9 Å². The van der Waals surface area contributed by atoms with Gasteiger partial charge in [0.15, 0.2) is 9.84 Å². The second-order valence-electron chi connectivity index (χ2n) is 9.56. The summed E-state index contributed by atoms with van der Waals surface area (Å²) in [7, 11) is -3.67. The zero-order chi connectivity index (χ0) is 27.2. The summed E-state index contributed by atoms with van der Waals surface area (Å²) in [5.74, 6) is -0.222. The SMILES string of the molecule is O=C(Cn1cc(S(=O)(=O)Cc2ccc(Cl)cc2)c2ccccc21)N(CCc1ccccc1)Cc1ccccc1. The number of hydrogen-bond donors (Lipinski definition) is 0. The van der Waals surface area contributed by atoms with E-state index >= 15 is 0 Å². The second-order valence-corrected chi connectivity index (χ2v) is 12.0. The highest BCUT2D eigenvalue weighted by atomic mass is 35.5. The van der Waals surface area contributed by atoms with Gasteiger partial charge in [0.1, 0.15) is 6.54 Å². The number of amides is 1. The zero-order valence-electron chi connectivity index (χ0n) is 21.4. The van der Waals surface area contributed by atoms with E-state index in [9.17, 15) is 13.2 Å². The molecule has 0 saturated heterocycles. The van der Waals surface area contributed by atoms with E-state index in [0.29, 0.717) is 34.6 Å². The van der Waals surface area contributed by atoms with E-state index in [-0.39, 0.29) is 23.1 Å². The molecule has 1 amide bonds. The standard InChI is InChI=1S/C32H29ClN2O3S/c33-28-17-15-27(16-18-28)24-39(37,38)31-22-35(30-14-8-7-13-29(30)31)23-32(36)34(21-26-11-5-2-6-12-26)20-19-25-9-3-1-4-10-25/h1-18,22H,19-21,23-24H2. The Bertz CT molecular complexity index is 1670. The maximum Gasteiger partial charge on any atom is 0.242 e. The zero-order valence-corrected chi connectivity index (χ0v) is 23.0. The highest BCUT2D eigenvalue weighted by molar-refractivity contribution is 7.90. The summed E-state index contributed by atoms with van der Waals surface area (Å²) < 4.78 is 28.7. The average molecular weight is 557 g/mol. The highest BCUT2D eigenvalue weighted by Crippen LogP contribution is 2.28. The van der Waals surface area contributed by atoms with Crippen LogP contribution in [0.2, 0.25) is 5.02 Å². The number of sulfone groups is 1. The summed E-state index contributed by atoms with van der Waals surface area (Å²) in [4.78, 5) is 15.8. The van der Waals surface area contributed by atoms with Gasteiger partial charge in [-0.25, -0.2) is 8.42 Å². The summed E-state index contributed by atoms with van der Waals surface area (Å²) in [5, 5.41) is 1.16. The summed E-state index contributed by atoms with van der Waals surface area (Å²) >= 11 is 5.97. The number of aromatic nitrogens is 1. The Morgan fingerprint density at radius 3 is 2.05 bits per heavy atom. The van der Waals surface area contributed by atoms with Gasteiger partial charge in [-0.15, -0.1) is 0 Å². The third-order valence-corrected chi connectivity index (χ3v) is 8.71. The minimum Gasteiger partial charge on any atom is -0.337 e. The first kappa shape index (κ1) is 26.7. The lowest BCUT2D eigenvalue weighted by Crippen LogP contribution is -2.35. The molecule has 0 saturated carbocycles. The van der Waals surface area contributed by atoms with Crippen molar-refractivity contribution >= 4 is 38.2 Å². The molecule has 1 heterocycles. The monoisotopic (exact) mass is 556 g/mol. The number of para-hydroxylation sites is 1. The predicted octanol–water partition coefficient (Wildman–Crippen LogP) is 6.54. The van der Waals surface area contributed by atoms with Crippen LogP contribution in [0, 0.1) is 0 Å². The Morgan fingerprint density at radius 2 is 1.36 bits per heavy atom. The molecule has 0 N–H and O–H groups in total. The van der Waals surface area contributed by atoms with Crippen LogP contribution in [-0.2, 0) is 39.9 Å². The van der Waals surface area contributed by atoms with E-state index in [4.69, 9.17) is 11.6 Å². The number of carbonyl (C=O) groups is 1. The molecule has 5 rings (SSSR count). The van der Waals surface area contributed by atoms with Crippen LogP contribution in [0.4, 0.5) is 0 Å². The van der Waals surface area contributed by atoms with Gasteiger partial charge in [0.05, 0.1) is 10.6 Å². The van der Waals surface area contributed by atoms with E-state index < -0.39 is 9.84 Å². The van der Waals surface area contributed by atoms with Gasteiger partial charge in [-0.3, -0.25) is 4.79 Å². The number of carbonyl (C=O) groups excluding carboxylic acids is 1. The van der Waals surface area contributed by atoms with Crippen LogP contribution in [0.5, 0.6) is 0 Å². The molecule has 7 heteroatoms. The first-order chi connectivity index (χ1) is 18.9. The molecular formula is C32H29ClN2O3S.